The van der Waals surface area contributed by atoms with Crippen molar-refractivity contribution in [2.75, 3.05) is 33.8 Å². The summed E-state index contributed by atoms with van der Waals surface area (Å²) in [6, 6.07) is 7.55. The Balaban J connectivity index is 1.79. The molecule has 0 saturated carbocycles. The molecule has 1 aromatic carbocycles. The van der Waals surface area contributed by atoms with Crippen LogP contribution in [-0.4, -0.2) is 66.5 Å². The predicted molar refractivity (Wildman–Crippen MR) is 95.9 cm³/mol. The third-order valence-electron chi connectivity index (χ3n) is 4.80. The lowest BCUT2D eigenvalue weighted by molar-refractivity contribution is -0.146. The first-order chi connectivity index (χ1) is 12.4. The van der Waals surface area contributed by atoms with Gasteiger partial charge in [0.05, 0.1) is 19.6 Å². The number of rotatable bonds is 7. The summed E-state index contributed by atoms with van der Waals surface area (Å²) in [6.07, 6.45) is 1.77. The molecule has 0 bridgehead atoms. The molecule has 1 aromatic rings. The highest BCUT2D eigenvalue weighted by Gasteiger charge is 2.27. The summed E-state index contributed by atoms with van der Waals surface area (Å²) >= 11 is 0. The topological polar surface area (TPSA) is 87.2 Å². The van der Waals surface area contributed by atoms with Gasteiger partial charge >= 0.3 is 5.97 Å². The molecule has 0 aromatic heterocycles. The van der Waals surface area contributed by atoms with Crippen molar-refractivity contribution in [3.05, 3.63) is 29.8 Å². The molecule has 1 heterocycles. The number of aryl methyl sites for hydroxylation is 1. The van der Waals surface area contributed by atoms with Gasteiger partial charge in [0, 0.05) is 26.6 Å². The van der Waals surface area contributed by atoms with Crippen molar-refractivity contribution in [3.63, 3.8) is 0 Å². The number of carbonyl (C=O) groups is 3. The van der Waals surface area contributed by atoms with E-state index in [0.717, 1.165) is 11.3 Å². The number of carbonyl (C=O) groups excluding carboxylic acids is 2. The minimum atomic E-state index is -0.805. The van der Waals surface area contributed by atoms with E-state index in [1.807, 2.05) is 24.3 Å². The summed E-state index contributed by atoms with van der Waals surface area (Å²) in [5.41, 5.74) is 0.957. The Hall–Kier alpha value is -2.57. The number of hydrogen-bond acceptors (Lipinski definition) is 4. The molecular formula is C19H26N2O5. The summed E-state index contributed by atoms with van der Waals surface area (Å²) in [6.45, 7) is 0.876. The van der Waals surface area contributed by atoms with Crippen LogP contribution in [0.4, 0.5) is 0 Å². The Morgan fingerprint density at radius 1 is 1.23 bits per heavy atom. The van der Waals surface area contributed by atoms with Crippen LogP contribution in [0.15, 0.2) is 24.3 Å². The zero-order chi connectivity index (χ0) is 19.1. The van der Waals surface area contributed by atoms with Crippen molar-refractivity contribution in [3.8, 4) is 5.75 Å². The quantitative estimate of drug-likeness (QED) is 0.792. The van der Waals surface area contributed by atoms with Crippen LogP contribution < -0.4 is 4.74 Å². The molecule has 2 amide bonds. The van der Waals surface area contributed by atoms with Crippen molar-refractivity contribution in [1.82, 2.24) is 9.80 Å². The van der Waals surface area contributed by atoms with Gasteiger partial charge in [0.15, 0.2) is 0 Å². The second kappa shape index (κ2) is 9.22. The minimum absolute atomic E-state index is 0.0164. The number of para-hydroxylation sites is 1. The highest BCUT2D eigenvalue weighted by molar-refractivity contribution is 5.85. The van der Waals surface area contributed by atoms with Gasteiger partial charge < -0.3 is 19.6 Å². The fraction of sp³-hybridized carbons (Fsp3) is 0.526. The number of ether oxygens (including phenoxy) is 1. The average Bonchev–Trinajstić information content (AvgIpc) is 2.66. The summed E-state index contributed by atoms with van der Waals surface area (Å²) in [5.74, 6) is -0.674. The number of amides is 2. The molecule has 0 radical (unpaired) electrons. The second-order valence-corrected chi connectivity index (χ2v) is 6.55. The third-order valence-corrected chi connectivity index (χ3v) is 4.80. The number of nitrogens with zero attached hydrogens (tertiary/aromatic N) is 2. The van der Waals surface area contributed by atoms with Gasteiger partial charge in [0.2, 0.25) is 11.8 Å². The molecule has 7 nitrogen and oxygen atoms in total. The van der Waals surface area contributed by atoms with Gasteiger partial charge in [-0.05, 0) is 30.9 Å². The molecule has 1 aliphatic rings. The Morgan fingerprint density at radius 2 is 1.88 bits per heavy atom. The molecule has 0 unspecified atom stereocenters. The number of carboxylic acids is 1. The monoisotopic (exact) mass is 362 g/mol. The first-order valence-corrected chi connectivity index (χ1v) is 8.78. The molecule has 1 fully saturated rings. The third kappa shape index (κ3) is 5.21. The van der Waals surface area contributed by atoms with Crippen molar-refractivity contribution >= 4 is 17.8 Å². The normalized spacial score (nSPS) is 14.8. The van der Waals surface area contributed by atoms with Gasteiger partial charge in [0.1, 0.15) is 5.75 Å². The molecule has 0 atom stereocenters. The number of piperidine rings is 1. The summed E-state index contributed by atoms with van der Waals surface area (Å²) in [4.78, 5) is 38.7. The number of benzene rings is 1. The molecule has 0 aliphatic carbocycles. The number of hydrogen-bond donors (Lipinski definition) is 1. The van der Waals surface area contributed by atoms with E-state index < -0.39 is 5.97 Å². The smallest absolute Gasteiger partial charge is 0.306 e. The van der Waals surface area contributed by atoms with Crippen molar-refractivity contribution < 1.29 is 24.2 Å². The lowest BCUT2D eigenvalue weighted by Crippen LogP contribution is -2.45. The van der Waals surface area contributed by atoms with E-state index in [2.05, 4.69) is 0 Å². The zero-order valence-electron chi connectivity index (χ0n) is 15.3. The largest absolute Gasteiger partial charge is 0.496 e. The van der Waals surface area contributed by atoms with E-state index in [1.54, 1.807) is 19.1 Å². The average molecular weight is 362 g/mol. The van der Waals surface area contributed by atoms with E-state index in [1.165, 1.54) is 4.90 Å². The minimum Gasteiger partial charge on any atom is -0.496 e. The van der Waals surface area contributed by atoms with Crippen LogP contribution in [0.2, 0.25) is 0 Å². The second-order valence-electron chi connectivity index (χ2n) is 6.55. The fourth-order valence-corrected chi connectivity index (χ4v) is 3.11. The Bertz CT molecular complexity index is 653. The maximum absolute atomic E-state index is 12.3. The molecule has 1 aliphatic heterocycles. The van der Waals surface area contributed by atoms with Gasteiger partial charge in [-0.25, -0.2) is 0 Å². The number of methoxy groups -OCH3 is 1. The number of carboxylic acid groups (broad SMARTS) is 1. The Kier molecular flexibility index (Phi) is 7.00. The number of likely N-dealkylation sites (N-methyl/N-ethyl adjacent to an activating group) is 1. The van der Waals surface area contributed by atoms with Gasteiger partial charge in [-0.2, -0.15) is 0 Å². The van der Waals surface area contributed by atoms with Crippen LogP contribution in [0, 0.1) is 5.92 Å². The molecule has 2 rings (SSSR count). The first kappa shape index (κ1) is 19.8. The van der Waals surface area contributed by atoms with E-state index in [4.69, 9.17) is 9.84 Å². The van der Waals surface area contributed by atoms with Crippen LogP contribution in [0.3, 0.4) is 0 Å². The highest BCUT2D eigenvalue weighted by atomic mass is 16.5. The first-order valence-electron chi connectivity index (χ1n) is 8.78. The Labute approximate surface area is 153 Å². The Morgan fingerprint density at radius 3 is 2.50 bits per heavy atom. The van der Waals surface area contributed by atoms with E-state index in [9.17, 15) is 14.4 Å². The molecular weight excluding hydrogens is 336 g/mol. The van der Waals surface area contributed by atoms with E-state index >= 15 is 0 Å². The van der Waals surface area contributed by atoms with Crippen molar-refractivity contribution in [2.45, 2.75) is 25.7 Å². The molecule has 0 spiro atoms. The summed E-state index contributed by atoms with van der Waals surface area (Å²) < 4.78 is 5.28. The van der Waals surface area contributed by atoms with Gasteiger partial charge in [-0.3, -0.25) is 14.4 Å². The van der Waals surface area contributed by atoms with Gasteiger partial charge in [0.25, 0.3) is 0 Å². The van der Waals surface area contributed by atoms with Crippen LogP contribution in [0.25, 0.3) is 0 Å². The molecule has 7 heteroatoms. The predicted octanol–water partition coefficient (Wildman–Crippen LogP) is 1.41. The summed E-state index contributed by atoms with van der Waals surface area (Å²) in [5, 5.41) is 9.01. The molecule has 1 saturated heterocycles. The SMILES string of the molecule is COc1ccccc1CCC(=O)N(C)CC(=O)N1CCC(C(=O)O)CC1. The molecule has 26 heavy (non-hydrogen) atoms. The van der Waals surface area contributed by atoms with E-state index in [-0.39, 0.29) is 24.3 Å². The van der Waals surface area contributed by atoms with Crippen LogP contribution in [0.5, 0.6) is 5.75 Å². The fourth-order valence-electron chi connectivity index (χ4n) is 3.11. The number of aliphatic carboxylic acids is 1. The maximum atomic E-state index is 12.3. The van der Waals surface area contributed by atoms with Gasteiger partial charge in [-0.15, -0.1) is 0 Å². The van der Waals surface area contributed by atoms with Crippen LogP contribution >= 0.6 is 0 Å². The lowest BCUT2D eigenvalue weighted by atomic mass is 9.97. The van der Waals surface area contributed by atoms with E-state index in [0.29, 0.717) is 38.8 Å². The highest BCUT2D eigenvalue weighted by Crippen LogP contribution is 2.19. The lowest BCUT2D eigenvalue weighted by Gasteiger charge is -2.31. The maximum Gasteiger partial charge on any atom is 0.306 e. The molecule has 142 valence electrons. The van der Waals surface area contributed by atoms with Crippen LogP contribution in [-0.2, 0) is 20.8 Å². The van der Waals surface area contributed by atoms with Crippen LogP contribution in [0.1, 0.15) is 24.8 Å². The standard InChI is InChI=1S/C19H26N2O5/c1-20(13-18(23)21-11-9-15(10-12-21)19(24)25)17(22)8-7-14-5-3-4-6-16(14)26-2/h3-6,15H,7-13H2,1-2H3,(H,24,25). The van der Waals surface area contributed by atoms with Crippen molar-refractivity contribution in [2.24, 2.45) is 5.92 Å². The van der Waals surface area contributed by atoms with Crippen molar-refractivity contribution in [1.29, 1.82) is 0 Å². The van der Waals surface area contributed by atoms with Gasteiger partial charge in [-0.1, -0.05) is 18.2 Å². The zero-order valence-corrected chi connectivity index (χ0v) is 15.3. The number of likely N-dealkylation sites (tertiary alicyclic amines) is 1. The summed E-state index contributed by atoms with van der Waals surface area (Å²) in [7, 11) is 3.21. The molecule has 1 N–H and O–H groups in total.